The summed E-state index contributed by atoms with van der Waals surface area (Å²) < 4.78 is 0. The molecule has 0 fully saturated rings. The second kappa shape index (κ2) is 16.7. The van der Waals surface area contributed by atoms with E-state index >= 15 is 0 Å². The SMILES string of the molecule is CN(C)c1ccc([PH+](C(C)(C)C)C(C)(C)C)cc1.CN(C)c1ccc([PH+](C(C)(C)C)C(C)(C)C)cc1.Cl.Cl.[Pd]. The van der Waals surface area contributed by atoms with Crippen molar-refractivity contribution in [3.8, 4) is 0 Å². The zero-order chi connectivity index (χ0) is 28.3. The van der Waals surface area contributed by atoms with Gasteiger partial charge in [0.2, 0.25) is 0 Å². The molecule has 0 unspecified atom stereocenters. The molecule has 0 aliphatic carbocycles. The van der Waals surface area contributed by atoms with Crippen molar-refractivity contribution in [3.05, 3.63) is 48.5 Å². The molecular formula is C32H60Cl2N2P2Pd+2. The molecule has 230 valence electrons. The van der Waals surface area contributed by atoms with E-state index in [0.29, 0.717) is 20.6 Å². The van der Waals surface area contributed by atoms with Crippen LogP contribution < -0.4 is 20.4 Å². The Balaban J connectivity index is -0.000000617. The van der Waals surface area contributed by atoms with Crippen molar-refractivity contribution >= 4 is 62.6 Å². The summed E-state index contributed by atoms with van der Waals surface area (Å²) >= 11 is 0. The third kappa shape index (κ3) is 13.8. The summed E-state index contributed by atoms with van der Waals surface area (Å²) in [5.41, 5.74) is 2.56. The summed E-state index contributed by atoms with van der Waals surface area (Å²) in [6.45, 7) is 28.6. The van der Waals surface area contributed by atoms with Crippen molar-refractivity contribution in [2.45, 2.75) is 104 Å². The molecule has 0 bridgehead atoms. The van der Waals surface area contributed by atoms with Crippen LogP contribution in [0.2, 0.25) is 0 Å². The van der Waals surface area contributed by atoms with Crippen molar-refractivity contribution in [1.82, 2.24) is 0 Å². The van der Waals surface area contributed by atoms with Gasteiger partial charge in [-0.1, -0.05) is 0 Å². The van der Waals surface area contributed by atoms with Crippen LogP contribution in [0.25, 0.3) is 0 Å². The summed E-state index contributed by atoms with van der Waals surface area (Å²) in [7, 11) is 7.14. The van der Waals surface area contributed by atoms with Crippen LogP contribution in [0, 0.1) is 0 Å². The Morgan fingerprint density at radius 2 is 0.590 bits per heavy atom. The van der Waals surface area contributed by atoms with Crippen molar-refractivity contribution in [3.63, 3.8) is 0 Å². The predicted molar refractivity (Wildman–Crippen MR) is 191 cm³/mol. The molecule has 2 rings (SSSR count). The molecule has 0 heterocycles. The van der Waals surface area contributed by atoms with Gasteiger partial charge in [-0.15, -0.1) is 24.8 Å². The summed E-state index contributed by atoms with van der Waals surface area (Å²) in [6.07, 6.45) is 0. The van der Waals surface area contributed by atoms with Crippen molar-refractivity contribution < 1.29 is 20.4 Å². The second-order valence-electron chi connectivity index (χ2n) is 14.6. The Kier molecular flexibility index (Phi) is 18.7. The molecular weight excluding hydrogens is 652 g/mol. The number of hydrogen-bond acceptors (Lipinski definition) is 2. The molecule has 0 radical (unpaired) electrons. The van der Waals surface area contributed by atoms with E-state index in [0.717, 1.165) is 0 Å². The maximum absolute atomic E-state index is 2.38. The van der Waals surface area contributed by atoms with Gasteiger partial charge in [-0.2, -0.15) is 0 Å². The number of nitrogens with zero attached hydrogens (tertiary/aromatic N) is 2. The Morgan fingerprint density at radius 1 is 0.410 bits per heavy atom. The molecule has 2 nitrogen and oxygen atoms in total. The number of anilines is 2. The summed E-state index contributed by atoms with van der Waals surface area (Å²) in [6, 6.07) is 18.3. The first-order chi connectivity index (χ1) is 16.1. The number of halogens is 2. The quantitative estimate of drug-likeness (QED) is 0.231. The van der Waals surface area contributed by atoms with Gasteiger partial charge in [-0.05, 0) is 132 Å². The molecule has 0 aliphatic rings. The Hall–Kier alpha value is 0.142. The third-order valence-electron chi connectivity index (χ3n) is 6.34. The van der Waals surface area contributed by atoms with Crippen LogP contribution in [0.3, 0.4) is 0 Å². The molecule has 0 amide bonds. The van der Waals surface area contributed by atoms with E-state index in [1.165, 1.54) is 11.4 Å². The van der Waals surface area contributed by atoms with Gasteiger partial charge >= 0.3 is 0 Å². The van der Waals surface area contributed by atoms with E-state index in [4.69, 9.17) is 0 Å². The van der Waals surface area contributed by atoms with E-state index in [9.17, 15) is 0 Å². The van der Waals surface area contributed by atoms with E-state index in [2.05, 4.69) is 170 Å². The van der Waals surface area contributed by atoms with Crippen LogP contribution in [0.4, 0.5) is 11.4 Å². The van der Waals surface area contributed by atoms with E-state index < -0.39 is 15.8 Å². The molecule has 2 aromatic carbocycles. The predicted octanol–water partition coefficient (Wildman–Crippen LogP) is 9.22. The topological polar surface area (TPSA) is 6.48 Å². The van der Waals surface area contributed by atoms with Gasteiger partial charge in [0, 0.05) is 75.8 Å². The van der Waals surface area contributed by atoms with E-state index in [1.807, 2.05) is 0 Å². The molecule has 0 aliphatic heterocycles. The van der Waals surface area contributed by atoms with Crippen LogP contribution in [0.15, 0.2) is 48.5 Å². The van der Waals surface area contributed by atoms with Crippen molar-refractivity contribution in [2.24, 2.45) is 0 Å². The summed E-state index contributed by atoms with van der Waals surface area (Å²) in [5.74, 6) is 0. The molecule has 0 aromatic heterocycles. The molecule has 0 N–H and O–H groups in total. The van der Waals surface area contributed by atoms with Gasteiger partial charge in [0.25, 0.3) is 0 Å². The van der Waals surface area contributed by atoms with Gasteiger partial charge in [0.05, 0.1) is 31.2 Å². The molecule has 39 heavy (non-hydrogen) atoms. The maximum Gasteiger partial charge on any atom is 0.0927 e. The summed E-state index contributed by atoms with van der Waals surface area (Å²) in [5, 5.41) is 4.60. The number of hydrogen-bond donors (Lipinski definition) is 0. The first kappa shape index (κ1) is 43.6. The Morgan fingerprint density at radius 3 is 0.718 bits per heavy atom. The van der Waals surface area contributed by atoms with Gasteiger partial charge in [-0.3, -0.25) is 0 Å². The van der Waals surface area contributed by atoms with Gasteiger partial charge in [0.15, 0.2) is 0 Å². The third-order valence-corrected chi connectivity index (χ3v) is 14.2. The average molecular weight is 712 g/mol. The monoisotopic (exact) mass is 710 g/mol. The maximum atomic E-state index is 2.38. The molecule has 0 saturated carbocycles. The fourth-order valence-electron chi connectivity index (χ4n) is 5.83. The minimum absolute atomic E-state index is 0. The number of rotatable bonds is 4. The summed E-state index contributed by atoms with van der Waals surface area (Å²) in [4.78, 5) is 4.31. The van der Waals surface area contributed by atoms with Gasteiger partial charge < -0.3 is 9.80 Å². The Labute approximate surface area is 271 Å². The Bertz CT molecular complexity index is 828. The normalized spacial score (nSPS) is 11.9. The smallest absolute Gasteiger partial charge is 0.0927 e. The molecule has 7 heteroatoms. The van der Waals surface area contributed by atoms with Gasteiger partial charge in [-0.25, -0.2) is 0 Å². The van der Waals surface area contributed by atoms with Crippen LogP contribution in [0.5, 0.6) is 0 Å². The fraction of sp³-hybridized carbons (Fsp3) is 0.625. The first-order valence-electron chi connectivity index (χ1n) is 13.4. The largest absolute Gasteiger partial charge is 0.378 e. The number of benzene rings is 2. The molecule has 0 spiro atoms. The zero-order valence-electron chi connectivity index (χ0n) is 27.6. The van der Waals surface area contributed by atoms with Gasteiger partial charge in [0.1, 0.15) is 0 Å². The minimum Gasteiger partial charge on any atom is -0.378 e. The first-order valence-corrected chi connectivity index (χ1v) is 16.4. The van der Waals surface area contributed by atoms with Crippen LogP contribution in [-0.4, -0.2) is 48.8 Å². The van der Waals surface area contributed by atoms with Crippen molar-refractivity contribution in [1.29, 1.82) is 0 Å². The van der Waals surface area contributed by atoms with Crippen LogP contribution in [0.1, 0.15) is 83.1 Å². The zero-order valence-corrected chi connectivity index (χ0v) is 32.8. The molecule has 0 atom stereocenters. The van der Waals surface area contributed by atoms with E-state index in [-0.39, 0.29) is 45.2 Å². The molecule has 2 aromatic rings. The fourth-order valence-corrected chi connectivity index (χ4v) is 14.8. The minimum atomic E-state index is -0.614. The van der Waals surface area contributed by atoms with Crippen molar-refractivity contribution in [2.75, 3.05) is 38.0 Å². The molecule has 0 saturated heterocycles. The second-order valence-corrected chi connectivity index (χ2v) is 23.3. The van der Waals surface area contributed by atoms with Crippen LogP contribution in [-0.2, 0) is 20.4 Å². The standard InChI is InChI=1S/2C16H28NP.2ClH.Pd/c2*1-15(2,3)18(16(4,5)6)14-11-9-13(10-12-14)17(7)8;;;/h2*9-12H,1-8H3;2*1H;/p+2. The van der Waals surface area contributed by atoms with Crippen LogP contribution >= 0.6 is 40.7 Å². The van der Waals surface area contributed by atoms with E-state index in [1.54, 1.807) is 10.6 Å². The average Bonchev–Trinajstić information content (AvgIpc) is 2.65.